The third-order valence-corrected chi connectivity index (χ3v) is 5.04. The second-order valence-corrected chi connectivity index (χ2v) is 7.38. The number of ether oxygens (including phenoxy) is 1. The maximum Gasteiger partial charge on any atom is 0.132 e. The van der Waals surface area contributed by atoms with Crippen LogP contribution in [0.1, 0.15) is 78.4 Å². The Morgan fingerprint density at radius 3 is 2.66 bits per heavy atom. The number of hydrogen-bond acceptors (Lipinski definition) is 3. The molecule has 0 saturated carbocycles. The molecule has 0 fully saturated rings. The Balaban J connectivity index is 0.000000358. The van der Waals surface area contributed by atoms with Gasteiger partial charge < -0.3 is 9.64 Å². The number of rotatable bonds is 5. The molecule has 162 valence electrons. The number of unbranched alkanes of at least 4 members (excludes halogenated alkanes) is 1. The lowest BCUT2D eigenvalue weighted by atomic mass is 9.95. The van der Waals surface area contributed by atoms with E-state index in [1.165, 1.54) is 54.7 Å². The number of allylic oxidation sites excluding steroid dienone is 2. The van der Waals surface area contributed by atoms with Crippen molar-refractivity contribution in [2.45, 2.75) is 73.6 Å². The zero-order chi connectivity index (χ0) is 21.6. The first-order valence-electron chi connectivity index (χ1n) is 11.4. The first kappa shape index (κ1) is 25.0. The van der Waals surface area contributed by atoms with Gasteiger partial charge >= 0.3 is 0 Å². The summed E-state index contributed by atoms with van der Waals surface area (Å²) >= 11 is 0. The van der Waals surface area contributed by atoms with Crippen LogP contribution in [0.4, 0.5) is 5.69 Å². The Hall–Kier alpha value is -2.03. The average molecular weight is 399 g/mol. The Labute approximate surface area is 179 Å². The number of fused-ring (bicyclic) bond motifs is 3. The van der Waals surface area contributed by atoms with Crippen LogP contribution in [0.3, 0.4) is 0 Å². The molecule has 0 atom stereocenters. The molecule has 0 bridgehead atoms. The smallest absolute Gasteiger partial charge is 0.132 e. The van der Waals surface area contributed by atoms with Gasteiger partial charge in [0.05, 0.1) is 0 Å². The number of anilines is 1. The third-order valence-electron chi connectivity index (χ3n) is 5.04. The van der Waals surface area contributed by atoms with Crippen molar-refractivity contribution in [3.05, 3.63) is 41.0 Å². The maximum absolute atomic E-state index is 5.99. The van der Waals surface area contributed by atoms with Crippen molar-refractivity contribution < 1.29 is 4.74 Å². The van der Waals surface area contributed by atoms with Crippen LogP contribution in [0.5, 0.6) is 5.75 Å². The van der Waals surface area contributed by atoms with Crippen LogP contribution in [-0.4, -0.2) is 32.5 Å². The standard InChI is InChI=1S/C17H23NO.C7H13N.C2H6/c1-3-4-9-18-10-5-6-15-16(18)8-7-14-11-13(2)12-19-17(14)15;1-4-5-6-7(2)8-3;1-2/h7-8,11H,3-6,9-10,12H2,1-2H3;5-6H,4H2,1-3H3;1-2H3/b;6-5-,8-7?;. The van der Waals surface area contributed by atoms with E-state index in [1.54, 1.807) is 7.05 Å². The van der Waals surface area contributed by atoms with Gasteiger partial charge in [0.2, 0.25) is 0 Å². The SMILES string of the molecule is CC.CC/C=C\C(C)=NC.CCCCN1CCCc2c1ccc1c2OCC(C)=C1. The van der Waals surface area contributed by atoms with Gasteiger partial charge in [0, 0.05) is 42.7 Å². The molecule has 1 aromatic rings. The highest BCUT2D eigenvalue weighted by atomic mass is 16.5. The van der Waals surface area contributed by atoms with Crippen molar-refractivity contribution in [1.29, 1.82) is 0 Å². The molecule has 0 unspecified atom stereocenters. The van der Waals surface area contributed by atoms with Gasteiger partial charge in [-0.2, -0.15) is 0 Å². The molecule has 0 saturated heterocycles. The van der Waals surface area contributed by atoms with Gasteiger partial charge in [0.15, 0.2) is 0 Å². The second kappa shape index (κ2) is 14.0. The lowest BCUT2D eigenvalue weighted by Crippen LogP contribution is -2.30. The molecular weight excluding hydrogens is 356 g/mol. The molecule has 0 aromatic heterocycles. The highest BCUT2D eigenvalue weighted by Crippen LogP contribution is 2.39. The predicted molar refractivity (Wildman–Crippen MR) is 131 cm³/mol. The molecule has 2 aliphatic heterocycles. The van der Waals surface area contributed by atoms with Crippen LogP contribution in [0, 0.1) is 0 Å². The largest absolute Gasteiger partial charge is 0.488 e. The minimum absolute atomic E-state index is 0.748. The lowest BCUT2D eigenvalue weighted by Gasteiger charge is -2.33. The summed E-state index contributed by atoms with van der Waals surface area (Å²) in [5.74, 6) is 1.14. The predicted octanol–water partition coefficient (Wildman–Crippen LogP) is 7.10. The van der Waals surface area contributed by atoms with E-state index in [9.17, 15) is 0 Å². The molecule has 0 radical (unpaired) electrons. The lowest BCUT2D eigenvalue weighted by molar-refractivity contribution is 0.342. The van der Waals surface area contributed by atoms with Crippen LogP contribution >= 0.6 is 0 Å². The molecule has 29 heavy (non-hydrogen) atoms. The van der Waals surface area contributed by atoms with E-state index in [0.717, 1.165) is 30.9 Å². The Morgan fingerprint density at radius 2 is 2.00 bits per heavy atom. The van der Waals surface area contributed by atoms with Crippen molar-refractivity contribution in [2.75, 3.05) is 31.6 Å². The second-order valence-electron chi connectivity index (χ2n) is 7.38. The molecule has 2 aliphatic rings. The normalized spacial score (nSPS) is 15.2. The highest BCUT2D eigenvalue weighted by molar-refractivity contribution is 5.92. The first-order chi connectivity index (χ1) is 14.1. The summed E-state index contributed by atoms with van der Waals surface area (Å²) in [6.45, 7) is 15.6. The number of nitrogens with zero attached hydrogens (tertiary/aromatic N) is 2. The number of benzene rings is 1. The summed E-state index contributed by atoms with van der Waals surface area (Å²) in [6.07, 6.45) is 12.4. The highest BCUT2D eigenvalue weighted by Gasteiger charge is 2.23. The summed E-state index contributed by atoms with van der Waals surface area (Å²) < 4.78 is 5.99. The zero-order valence-electron chi connectivity index (χ0n) is 19.8. The minimum atomic E-state index is 0.748. The van der Waals surface area contributed by atoms with Gasteiger partial charge in [-0.05, 0) is 69.4 Å². The molecule has 0 N–H and O–H groups in total. The van der Waals surface area contributed by atoms with E-state index in [-0.39, 0.29) is 0 Å². The van der Waals surface area contributed by atoms with E-state index in [0.29, 0.717) is 0 Å². The molecule has 3 nitrogen and oxygen atoms in total. The molecule has 0 spiro atoms. The van der Waals surface area contributed by atoms with Gasteiger partial charge in [-0.15, -0.1) is 0 Å². The maximum atomic E-state index is 5.99. The number of hydrogen-bond donors (Lipinski definition) is 0. The summed E-state index contributed by atoms with van der Waals surface area (Å²) in [7, 11) is 1.80. The van der Waals surface area contributed by atoms with E-state index < -0.39 is 0 Å². The summed E-state index contributed by atoms with van der Waals surface area (Å²) in [5.41, 5.74) is 6.51. The fourth-order valence-electron chi connectivity index (χ4n) is 3.46. The molecule has 2 heterocycles. The zero-order valence-corrected chi connectivity index (χ0v) is 19.8. The van der Waals surface area contributed by atoms with Gasteiger partial charge in [-0.25, -0.2) is 0 Å². The molecule has 0 amide bonds. The molecule has 3 heteroatoms. The summed E-state index contributed by atoms with van der Waals surface area (Å²) in [4.78, 5) is 6.49. The van der Waals surface area contributed by atoms with Gasteiger partial charge in [-0.3, -0.25) is 4.99 Å². The van der Waals surface area contributed by atoms with E-state index in [2.05, 4.69) is 54.9 Å². The van der Waals surface area contributed by atoms with Crippen molar-refractivity contribution in [1.82, 2.24) is 0 Å². The summed E-state index contributed by atoms with van der Waals surface area (Å²) in [5, 5.41) is 0. The minimum Gasteiger partial charge on any atom is -0.488 e. The molecule has 1 aromatic carbocycles. The topological polar surface area (TPSA) is 24.8 Å². The molecular formula is C26H42N2O. The molecule has 0 aliphatic carbocycles. The van der Waals surface area contributed by atoms with Crippen LogP contribution < -0.4 is 9.64 Å². The van der Waals surface area contributed by atoms with Crippen molar-refractivity contribution >= 4 is 17.5 Å². The van der Waals surface area contributed by atoms with Crippen molar-refractivity contribution in [3.8, 4) is 5.75 Å². The fraction of sp³-hybridized carbons (Fsp3) is 0.577. The fourth-order valence-corrected chi connectivity index (χ4v) is 3.46. The third kappa shape index (κ3) is 7.72. The molecule has 3 rings (SSSR count). The Kier molecular flexibility index (Phi) is 12.1. The van der Waals surface area contributed by atoms with Crippen molar-refractivity contribution in [2.24, 2.45) is 4.99 Å². The average Bonchev–Trinajstić information content (AvgIpc) is 2.77. The van der Waals surface area contributed by atoms with Gasteiger partial charge in [-0.1, -0.05) is 40.2 Å². The van der Waals surface area contributed by atoms with Crippen molar-refractivity contribution in [3.63, 3.8) is 0 Å². The van der Waals surface area contributed by atoms with E-state index in [4.69, 9.17) is 4.74 Å². The van der Waals surface area contributed by atoms with Crippen LogP contribution in [0.25, 0.3) is 6.08 Å². The monoisotopic (exact) mass is 398 g/mol. The Bertz CT molecular complexity index is 701. The summed E-state index contributed by atoms with van der Waals surface area (Å²) in [6, 6.07) is 4.52. The van der Waals surface area contributed by atoms with E-state index >= 15 is 0 Å². The Morgan fingerprint density at radius 1 is 1.24 bits per heavy atom. The number of aliphatic imine (C=N–C) groups is 1. The van der Waals surface area contributed by atoms with Crippen LogP contribution in [0.15, 0.2) is 34.9 Å². The van der Waals surface area contributed by atoms with Crippen LogP contribution in [-0.2, 0) is 6.42 Å². The van der Waals surface area contributed by atoms with Crippen LogP contribution in [0.2, 0.25) is 0 Å². The van der Waals surface area contributed by atoms with E-state index in [1.807, 2.05) is 26.8 Å². The van der Waals surface area contributed by atoms with Gasteiger partial charge in [0.1, 0.15) is 12.4 Å². The quantitative estimate of drug-likeness (QED) is 0.494. The first-order valence-corrected chi connectivity index (χ1v) is 11.4. The van der Waals surface area contributed by atoms with Gasteiger partial charge in [0.25, 0.3) is 0 Å².